The number of cyclic esters (lactones) is 1. The van der Waals surface area contributed by atoms with E-state index in [0.717, 1.165) is 16.7 Å². The molecule has 0 bridgehead atoms. The van der Waals surface area contributed by atoms with Crippen LogP contribution in [0.25, 0.3) is 0 Å². The Morgan fingerprint density at radius 3 is 2.23 bits per heavy atom. The molecule has 1 saturated heterocycles. The third-order valence-electron chi connectivity index (χ3n) is 3.98. The van der Waals surface area contributed by atoms with Crippen molar-refractivity contribution in [2.75, 3.05) is 0 Å². The SMILES string of the molecule is C=C1C(=O)O[C@H](c2ccc(C)cc2)[C@@H]1c1ccc(C#N)cc1. The van der Waals surface area contributed by atoms with E-state index in [1.807, 2.05) is 43.3 Å². The van der Waals surface area contributed by atoms with Crippen molar-refractivity contribution in [3.63, 3.8) is 0 Å². The number of carbonyl (C=O) groups is 1. The molecule has 3 nitrogen and oxygen atoms in total. The Bertz CT molecular complexity index is 767. The van der Waals surface area contributed by atoms with Gasteiger partial charge in [0.2, 0.25) is 0 Å². The summed E-state index contributed by atoms with van der Waals surface area (Å²) in [6.45, 7) is 5.90. The second-order valence-corrected chi connectivity index (χ2v) is 5.47. The summed E-state index contributed by atoms with van der Waals surface area (Å²) in [5.41, 5.74) is 4.08. The van der Waals surface area contributed by atoms with Gasteiger partial charge in [0.25, 0.3) is 0 Å². The van der Waals surface area contributed by atoms with Gasteiger partial charge in [-0.2, -0.15) is 5.26 Å². The molecule has 0 aromatic heterocycles. The molecule has 0 N–H and O–H groups in total. The van der Waals surface area contributed by atoms with Gasteiger partial charge >= 0.3 is 5.97 Å². The number of benzene rings is 2. The van der Waals surface area contributed by atoms with Crippen molar-refractivity contribution in [2.45, 2.75) is 18.9 Å². The molecule has 3 rings (SSSR count). The molecule has 2 aromatic rings. The minimum absolute atomic E-state index is 0.219. The number of carbonyl (C=O) groups excluding carboxylic acids is 1. The number of aryl methyl sites for hydroxylation is 1. The van der Waals surface area contributed by atoms with Crippen molar-refractivity contribution in [1.82, 2.24) is 0 Å². The number of ether oxygens (including phenoxy) is 1. The molecule has 0 aliphatic carbocycles. The number of hydrogen-bond donors (Lipinski definition) is 0. The maximum atomic E-state index is 12.0. The van der Waals surface area contributed by atoms with Crippen molar-refractivity contribution < 1.29 is 9.53 Å². The third kappa shape index (κ3) is 2.40. The molecule has 1 aliphatic heterocycles. The Morgan fingerprint density at radius 1 is 1.05 bits per heavy atom. The van der Waals surface area contributed by atoms with E-state index in [2.05, 4.69) is 12.6 Å². The molecule has 0 saturated carbocycles. The first-order valence-corrected chi connectivity index (χ1v) is 7.06. The molecule has 1 heterocycles. The van der Waals surface area contributed by atoms with E-state index in [1.165, 1.54) is 0 Å². The molecular formula is C19H15NO2. The molecule has 0 unspecified atom stereocenters. The first kappa shape index (κ1) is 14.1. The number of nitriles is 1. The zero-order valence-electron chi connectivity index (χ0n) is 12.2. The van der Waals surface area contributed by atoms with Crippen molar-refractivity contribution >= 4 is 5.97 Å². The minimum Gasteiger partial charge on any atom is -0.453 e. The van der Waals surface area contributed by atoms with E-state index in [4.69, 9.17) is 10.00 Å². The van der Waals surface area contributed by atoms with Gasteiger partial charge in [0, 0.05) is 5.57 Å². The zero-order chi connectivity index (χ0) is 15.7. The van der Waals surface area contributed by atoms with Crippen molar-refractivity contribution in [3.8, 4) is 6.07 Å². The van der Waals surface area contributed by atoms with E-state index in [9.17, 15) is 4.79 Å². The van der Waals surface area contributed by atoms with Crippen LogP contribution >= 0.6 is 0 Å². The van der Waals surface area contributed by atoms with Crippen LogP contribution in [0.1, 0.15) is 34.3 Å². The van der Waals surface area contributed by atoms with Crippen molar-refractivity contribution in [2.24, 2.45) is 0 Å². The molecule has 3 heteroatoms. The minimum atomic E-state index is -0.367. The highest BCUT2D eigenvalue weighted by atomic mass is 16.6. The molecule has 22 heavy (non-hydrogen) atoms. The number of rotatable bonds is 2. The summed E-state index contributed by atoms with van der Waals surface area (Å²) < 4.78 is 5.52. The Morgan fingerprint density at radius 2 is 1.64 bits per heavy atom. The second kappa shape index (κ2) is 5.50. The molecule has 108 valence electrons. The van der Waals surface area contributed by atoms with Crippen LogP contribution in [-0.4, -0.2) is 5.97 Å². The largest absolute Gasteiger partial charge is 0.453 e. The van der Waals surface area contributed by atoms with Crippen LogP contribution in [0.15, 0.2) is 60.7 Å². The molecule has 2 atom stereocenters. The van der Waals surface area contributed by atoms with E-state index in [0.29, 0.717) is 11.1 Å². The van der Waals surface area contributed by atoms with Crippen molar-refractivity contribution in [1.29, 1.82) is 5.26 Å². The lowest BCUT2D eigenvalue weighted by atomic mass is 9.85. The van der Waals surface area contributed by atoms with Gasteiger partial charge in [-0.1, -0.05) is 48.5 Å². The topological polar surface area (TPSA) is 50.1 Å². The lowest BCUT2D eigenvalue weighted by Gasteiger charge is -2.18. The smallest absolute Gasteiger partial charge is 0.334 e. The van der Waals surface area contributed by atoms with Gasteiger partial charge in [-0.15, -0.1) is 0 Å². The summed E-state index contributed by atoms with van der Waals surface area (Å²) in [7, 11) is 0. The first-order valence-electron chi connectivity index (χ1n) is 7.06. The lowest BCUT2D eigenvalue weighted by Crippen LogP contribution is -2.07. The molecule has 0 spiro atoms. The summed E-state index contributed by atoms with van der Waals surface area (Å²) in [5.74, 6) is -0.581. The lowest BCUT2D eigenvalue weighted by molar-refractivity contribution is -0.139. The molecule has 0 radical (unpaired) electrons. The van der Waals surface area contributed by atoms with Gasteiger partial charge in [0.15, 0.2) is 0 Å². The maximum absolute atomic E-state index is 12.0. The van der Waals surface area contributed by atoms with Crippen LogP contribution in [0.4, 0.5) is 0 Å². The summed E-state index contributed by atoms with van der Waals surface area (Å²) in [4.78, 5) is 12.0. The summed E-state index contributed by atoms with van der Waals surface area (Å²) in [6, 6.07) is 17.3. The highest BCUT2D eigenvalue weighted by Gasteiger charge is 2.40. The number of nitrogens with zero attached hydrogens (tertiary/aromatic N) is 1. The third-order valence-corrected chi connectivity index (χ3v) is 3.98. The standard InChI is InChI=1S/C19H15NO2/c1-12-3-7-16(8-4-12)18-17(13(2)19(21)22-18)15-9-5-14(11-20)6-10-15/h3-10,17-18H,2H2,1H3/t17-,18+/m0/s1. The molecule has 2 aromatic carbocycles. The van der Waals surface area contributed by atoms with Crippen LogP contribution in [0.3, 0.4) is 0 Å². The zero-order valence-corrected chi connectivity index (χ0v) is 12.2. The van der Waals surface area contributed by atoms with E-state index >= 15 is 0 Å². The van der Waals surface area contributed by atoms with Crippen LogP contribution in [0.2, 0.25) is 0 Å². The fourth-order valence-electron chi connectivity index (χ4n) is 2.73. The number of esters is 1. The molecule has 0 amide bonds. The molecule has 1 fully saturated rings. The fraction of sp³-hybridized carbons (Fsp3) is 0.158. The molecular weight excluding hydrogens is 274 g/mol. The summed E-state index contributed by atoms with van der Waals surface area (Å²) in [5, 5.41) is 8.90. The quantitative estimate of drug-likeness (QED) is 0.624. The Labute approximate surface area is 129 Å². The van der Waals surface area contributed by atoms with E-state index in [-0.39, 0.29) is 18.0 Å². The first-order chi connectivity index (χ1) is 10.6. The van der Waals surface area contributed by atoms with Gasteiger partial charge in [-0.3, -0.25) is 0 Å². The van der Waals surface area contributed by atoms with Gasteiger partial charge < -0.3 is 4.74 Å². The Hall–Kier alpha value is -2.86. The fourth-order valence-corrected chi connectivity index (χ4v) is 2.73. The average molecular weight is 289 g/mol. The van der Waals surface area contributed by atoms with Gasteiger partial charge in [-0.25, -0.2) is 4.79 Å². The molecule has 1 aliphatic rings. The van der Waals surface area contributed by atoms with Crippen LogP contribution in [0.5, 0.6) is 0 Å². The number of hydrogen-bond acceptors (Lipinski definition) is 3. The second-order valence-electron chi connectivity index (χ2n) is 5.47. The maximum Gasteiger partial charge on any atom is 0.334 e. The monoisotopic (exact) mass is 289 g/mol. The predicted octanol–water partition coefficient (Wildman–Crippen LogP) is 3.80. The van der Waals surface area contributed by atoms with E-state index in [1.54, 1.807) is 12.1 Å². The van der Waals surface area contributed by atoms with Gasteiger partial charge in [-0.05, 0) is 30.2 Å². The average Bonchev–Trinajstić information content (AvgIpc) is 2.84. The normalized spacial score (nSPS) is 20.5. The van der Waals surface area contributed by atoms with Gasteiger partial charge in [0.1, 0.15) is 6.10 Å². The van der Waals surface area contributed by atoms with Crippen LogP contribution in [0, 0.1) is 18.3 Å². The summed E-state index contributed by atoms with van der Waals surface area (Å²) >= 11 is 0. The van der Waals surface area contributed by atoms with E-state index < -0.39 is 0 Å². The highest BCUT2D eigenvalue weighted by Crippen LogP contribution is 2.45. The van der Waals surface area contributed by atoms with Crippen LogP contribution in [-0.2, 0) is 9.53 Å². The van der Waals surface area contributed by atoms with Gasteiger partial charge in [0.05, 0.1) is 17.6 Å². The van der Waals surface area contributed by atoms with Crippen molar-refractivity contribution in [3.05, 3.63) is 82.9 Å². The Balaban J connectivity index is 2.01. The van der Waals surface area contributed by atoms with Crippen LogP contribution < -0.4 is 0 Å². The highest BCUT2D eigenvalue weighted by molar-refractivity contribution is 5.92. The Kier molecular flexibility index (Phi) is 3.52. The predicted molar refractivity (Wildman–Crippen MR) is 83.1 cm³/mol. The summed E-state index contributed by atoms with van der Waals surface area (Å²) in [6.07, 6.45) is -0.367.